The van der Waals surface area contributed by atoms with Crippen molar-refractivity contribution in [1.29, 1.82) is 0 Å². The third-order valence-electron chi connectivity index (χ3n) is 16.4. The molecule has 0 N–H and O–H groups in total. The summed E-state index contributed by atoms with van der Waals surface area (Å²) < 4.78 is 80.1. The first-order chi connectivity index (χ1) is 36.0. The maximum Gasteiger partial charge on any atom is 0.416 e. The molecule has 2 fully saturated rings. The third-order valence-corrected chi connectivity index (χ3v) is 25.4. The molecule has 0 bridgehead atoms. The van der Waals surface area contributed by atoms with Crippen LogP contribution in [0.4, 0.5) is 13.2 Å². The summed E-state index contributed by atoms with van der Waals surface area (Å²) in [6, 6.07) is 13.0. The Kier molecular flexibility index (Phi) is 25.3. The molecular weight excluding hydrogens is 1010 g/mol. The molecule has 8 nitrogen and oxygen atoms in total. The van der Waals surface area contributed by atoms with Gasteiger partial charge in [0.2, 0.25) is 0 Å². The lowest BCUT2D eigenvalue weighted by Gasteiger charge is -2.39. The molecule has 2 saturated carbocycles. The van der Waals surface area contributed by atoms with Crippen LogP contribution < -0.4 is 9.47 Å². The van der Waals surface area contributed by atoms with Gasteiger partial charge in [0.1, 0.15) is 30.3 Å². The largest absolute Gasteiger partial charge is 0.493 e. The standard InChI is InChI=1S/C64H97F3O8Si2/c1-16-18-20-22-34-60(68)72-57-41-48(5)53(39-37-52(74-76(12,13)62(6,7)8)45-71-50-30-26-28-46(3)40-50)54(57)32-24-25-33-55-56(38-36-47(4)44-70-51-31-27-29-49(42-51)64(65,66)67)59(75-77(14,15)63(9,10)11)43-58(55)73-61(69)35-23-21-19-17-2/h16-19,24-31,36-40,42,47-48,52-59H,20-23,32-35,41,43-45H2,1-15H3/b18-16+,19-17+,25-24+,38-36+,39-37+/t47-,48+,52-,53-,54+,55+,56+,57-,58-,59+/m1/s1. The van der Waals surface area contributed by atoms with E-state index in [4.69, 9.17) is 27.8 Å². The van der Waals surface area contributed by atoms with Gasteiger partial charge < -0.3 is 27.8 Å². The smallest absolute Gasteiger partial charge is 0.416 e. The van der Waals surface area contributed by atoms with Crippen molar-refractivity contribution in [2.75, 3.05) is 13.2 Å². The van der Waals surface area contributed by atoms with Crippen molar-refractivity contribution < 1.29 is 50.6 Å². The number of hydrogen-bond donors (Lipinski definition) is 0. The second-order valence-electron chi connectivity index (χ2n) is 24.9. The van der Waals surface area contributed by atoms with Crippen molar-refractivity contribution in [3.8, 4) is 11.5 Å². The number of alkyl halides is 3. The minimum Gasteiger partial charge on any atom is -0.493 e. The van der Waals surface area contributed by atoms with Crippen molar-refractivity contribution in [2.45, 2.75) is 207 Å². The quantitative estimate of drug-likeness (QED) is 0.0360. The Morgan fingerprint density at radius 1 is 0.675 bits per heavy atom. The minimum absolute atomic E-state index is 0.000563. The number of ether oxygens (including phenoxy) is 4. The van der Waals surface area contributed by atoms with E-state index in [1.807, 2.05) is 51.1 Å². The van der Waals surface area contributed by atoms with E-state index in [-0.39, 0.29) is 88.2 Å². The van der Waals surface area contributed by atoms with Gasteiger partial charge in [-0.05, 0) is 150 Å². The second kappa shape index (κ2) is 29.9. The average molecular weight is 1110 g/mol. The summed E-state index contributed by atoms with van der Waals surface area (Å²) >= 11 is 0. The summed E-state index contributed by atoms with van der Waals surface area (Å²) in [5.41, 5.74) is 0.370. The highest BCUT2D eigenvalue weighted by Crippen LogP contribution is 2.47. The number of aryl methyl sites for hydroxylation is 1. The second-order valence-corrected chi connectivity index (χ2v) is 34.4. The van der Waals surface area contributed by atoms with Crippen molar-refractivity contribution in [3.05, 3.63) is 120 Å². The van der Waals surface area contributed by atoms with Gasteiger partial charge in [-0.3, -0.25) is 9.59 Å². The molecule has 0 aliphatic heterocycles. The topological polar surface area (TPSA) is 89.5 Å². The fourth-order valence-corrected chi connectivity index (χ4v) is 12.5. The fraction of sp³-hybridized carbons (Fsp3) is 0.625. The van der Waals surface area contributed by atoms with Crippen LogP contribution in [0.3, 0.4) is 0 Å². The van der Waals surface area contributed by atoms with Gasteiger partial charge in [0.15, 0.2) is 16.6 Å². The molecule has 77 heavy (non-hydrogen) atoms. The number of benzene rings is 2. The van der Waals surface area contributed by atoms with E-state index in [2.05, 4.69) is 136 Å². The molecule has 0 saturated heterocycles. The molecule has 0 amide bonds. The molecule has 2 aliphatic rings. The maximum atomic E-state index is 13.6. The highest BCUT2D eigenvalue weighted by molar-refractivity contribution is 6.74. The Labute approximate surface area is 465 Å². The van der Waals surface area contributed by atoms with E-state index in [0.717, 1.165) is 49.1 Å². The maximum absolute atomic E-state index is 13.6. The van der Waals surface area contributed by atoms with Gasteiger partial charge in [-0.15, -0.1) is 0 Å². The number of carbonyl (C=O) groups excluding carboxylic acids is 2. The Hall–Kier alpha value is -4.18. The van der Waals surface area contributed by atoms with Gasteiger partial charge >= 0.3 is 18.1 Å². The van der Waals surface area contributed by atoms with Crippen LogP contribution in [-0.4, -0.2) is 66.2 Å². The van der Waals surface area contributed by atoms with Crippen molar-refractivity contribution in [1.82, 2.24) is 0 Å². The van der Waals surface area contributed by atoms with Gasteiger partial charge in [0.05, 0.1) is 24.4 Å². The van der Waals surface area contributed by atoms with Crippen molar-refractivity contribution in [3.63, 3.8) is 0 Å². The molecule has 0 radical (unpaired) electrons. The first kappa shape index (κ1) is 65.3. The van der Waals surface area contributed by atoms with Crippen LogP contribution in [0.5, 0.6) is 11.5 Å². The Bertz CT molecular complexity index is 2290. The number of esters is 2. The van der Waals surface area contributed by atoms with Gasteiger partial charge in [-0.25, -0.2) is 0 Å². The lowest BCUT2D eigenvalue weighted by atomic mass is 9.86. The zero-order valence-corrected chi connectivity index (χ0v) is 51.6. The van der Waals surface area contributed by atoms with Crippen LogP contribution in [0.25, 0.3) is 0 Å². The predicted molar refractivity (Wildman–Crippen MR) is 313 cm³/mol. The first-order valence-corrected chi connectivity index (χ1v) is 34.3. The number of hydrogen-bond acceptors (Lipinski definition) is 8. The van der Waals surface area contributed by atoms with Crippen LogP contribution in [0, 0.1) is 42.4 Å². The van der Waals surface area contributed by atoms with E-state index in [0.29, 0.717) is 45.1 Å². The lowest BCUT2D eigenvalue weighted by molar-refractivity contribution is -0.152. The number of allylic oxidation sites excluding steroid dienone is 7. The molecule has 13 heteroatoms. The number of carbonyl (C=O) groups is 2. The summed E-state index contributed by atoms with van der Waals surface area (Å²) in [4.78, 5) is 27.1. The molecule has 2 aromatic rings. The van der Waals surface area contributed by atoms with Crippen molar-refractivity contribution >= 4 is 28.6 Å². The molecule has 2 aromatic carbocycles. The molecular formula is C64H97F3O8Si2. The molecule has 10 atom stereocenters. The van der Waals surface area contributed by atoms with Crippen molar-refractivity contribution in [2.24, 2.45) is 35.5 Å². The van der Waals surface area contributed by atoms with Crippen LogP contribution in [0.1, 0.15) is 145 Å². The minimum atomic E-state index is -4.47. The molecule has 0 heterocycles. The Morgan fingerprint density at radius 2 is 1.19 bits per heavy atom. The van der Waals surface area contributed by atoms with Crippen LogP contribution >= 0.6 is 0 Å². The van der Waals surface area contributed by atoms with Gasteiger partial charge in [-0.2, -0.15) is 13.2 Å². The van der Waals surface area contributed by atoms with E-state index >= 15 is 0 Å². The van der Waals surface area contributed by atoms with Crippen LogP contribution in [0.15, 0.2) is 109 Å². The summed E-state index contributed by atoms with van der Waals surface area (Å²) in [5, 5.41) is -0.0926. The average Bonchev–Trinajstić information content (AvgIpc) is 3.81. The molecule has 430 valence electrons. The lowest BCUT2D eigenvalue weighted by Crippen LogP contribution is -2.45. The van der Waals surface area contributed by atoms with E-state index in [9.17, 15) is 22.8 Å². The highest BCUT2D eigenvalue weighted by Gasteiger charge is 2.49. The number of unbranched alkanes of at least 4 members (excludes halogenated alkanes) is 2. The first-order valence-electron chi connectivity index (χ1n) is 28.5. The van der Waals surface area contributed by atoms with Gasteiger partial charge in [0.25, 0.3) is 0 Å². The van der Waals surface area contributed by atoms with E-state index in [1.165, 1.54) is 6.07 Å². The summed E-state index contributed by atoms with van der Waals surface area (Å²) in [5.74, 6) is 0.468. The number of rotatable bonds is 28. The zero-order valence-electron chi connectivity index (χ0n) is 49.6. The SMILES string of the molecule is C/C=C/CCCC(=O)O[C@@H]1C[C@H](O[Si](C)(C)C(C)(C)C)[C@@H](/C=C/[C@@H](C)COc2cccc(C(F)(F)F)c2)[C@@H]1C/C=C/C[C@H]1[C@H](/C=C/[C@H](COc2cccc(C)c2)O[Si](C)(C)C(C)(C)C)[C@@H](C)C[C@H]1OC(=O)CCC/C=C/C. The van der Waals surface area contributed by atoms with Gasteiger partial charge in [0, 0.05) is 42.9 Å². The normalized spacial score (nSPS) is 23.7. The number of halogens is 3. The molecule has 0 unspecified atom stereocenters. The Balaban J connectivity index is 1.69. The van der Waals surface area contributed by atoms with Crippen LogP contribution in [-0.2, 0) is 34.1 Å². The summed E-state index contributed by atoms with van der Waals surface area (Å²) in [6.45, 7) is 33.2. The molecule has 0 aromatic heterocycles. The van der Waals surface area contributed by atoms with Crippen LogP contribution in [0.2, 0.25) is 36.3 Å². The van der Waals surface area contributed by atoms with Gasteiger partial charge in [-0.1, -0.05) is 134 Å². The molecule has 4 rings (SSSR count). The Morgan fingerprint density at radius 3 is 1.74 bits per heavy atom. The predicted octanol–water partition coefficient (Wildman–Crippen LogP) is 17.6. The fourth-order valence-electron chi connectivity index (χ4n) is 9.83. The van der Waals surface area contributed by atoms with E-state index < -0.39 is 34.5 Å². The monoisotopic (exact) mass is 1110 g/mol. The molecule has 2 aliphatic carbocycles. The summed E-state index contributed by atoms with van der Waals surface area (Å²) in [6.07, 6.45) is 21.9. The third kappa shape index (κ3) is 21.1. The molecule has 0 spiro atoms. The highest BCUT2D eigenvalue weighted by atomic mass is 28.4. The van der Waals surface area contributed by atoms with E-state index in [1.54, 1.807) is 6.07 Å². The summed E-state index contributed by atoms with van der Waals surface area (Å²) in [7, 11) is -4.55. The zero-order chi connectivity index (χ0) is 57.2.